The average Bonchev–Trinajstić information content (AvgIpc) is 2.46. The molecule has 2 aliphatic rings. The number of nitrogens with two attached hydrogens (primary N) is 1. The first-order chi connectivity index (χ1) is 5.77. The maximum Gasteiger partial charge on any atom is 0.127 e. The summed E-state index contributed by atoms with van der Waals surface area (Å²) < 4.78 is 0. The minimum absolute atomic E-state index is 0.252. The van der Waals surface area contributed by atoms with E-state index in [4.69, 9.17) is 0 Å². The highest BCUT2D eigenvalue weighted by Crippen LogP contribution is 2.28. The molecule has 0 unspecified atom stereocenters. The number of fused-ring (bicyclic) bond motifs is 1. The minimum atomic E-state index is -0.871. The Bertz CT molecular complexity index is 179. The van der Waals surface area contributed by atoms with Gasteiger partial charge in [-0.2, -0.15) is 0 Å². The van der Waals surface area contributed by atoms with E-state index in [1.54, 1.807) is 0 Å². The molecule has 1 saturated carbocycles. The van der Waals surface area contributed by atoms with Crippen LogP contribution >= 0.6 is 0 Å². The van der Waals surface area contributed by atoms with E-state index < -0.39 is 5.97 Å². The molecule has 1 aliphatic carbocycles. The number of carbonyl (C=O) groups excluding carboxylic acids is 1. The van der Waals surface area contributed by atoms with Gasteiger partial charge in [0.05, 0.1) is 12.0 Å². The van der Waals surface area contributed by atoms with Gasteiger partial charge in [-0.1, -0.05) is 6.42 Å². The van der Waals surface area contributed by atoms with E-state index in [1.165, 1.54) is 25.7 Å². The normalized spacial score (nSPS) is 40.8. The summed E-state index contributed by atoms with van der Waals surface area (Å²) in [6, 6.07) is 0.333. The Balaban J connectivity index is 1.98. The van der Waals surface area contributed by atoms with Crippen LogP contribution in [0.4, 0.5) is 0 Å². The van der Waals surface area contributed by atoms with Gasteiger partial charge in [0.1, 0.15) is 6.04 Å². The van der Waals surface area contributed by atoms with Crippen LogP contribution in [-0.2, 0) is 4.79 Å². The molecule has 2 rings (SSSR count). The van der Waals surface area contributed by atoms with Crippen molar-refractivity contribution in [3.05, 3.63) is 0 Å². The van der Waals surface area contributed by atoms with Crippen molar-refractivity contribution in [2.75, 3.05) is 0 Å². The third-order valence-corrected chi connectivity index (χ3v) is 3.31. The standard InChI is InChI=1S/C9H15NO2/c11-9(12)8-5-6-3-1-2-4-7(6)10-8/h6-8,10H,1-5H2,(H,11,12)/t6-,7-,8-/m1/s1. The first kappa shape index (κ1) is 8.05. The summed E-state index contributed by atoms with van der Waals surface area (Å²) >= 11 is 0. The molecule has 3 atom stereocenters. The fourth-order valence-corrected chi connectivity index (χ4v) is 2.66. The molecular formula is C9H15NO2. The molecule has 3 nitrogen and oxygen atoms in total. The van der Waals surface area contributed by atoms with E-state index >= 15 is 0 Å². The number of carboxylic acid groups (broad SMARTS) is 1. The Morgan fingerprint density at radius 1 is 1.33 bits per heavy atom. The van der Waals surface area contributed by atoms with Crippen molar-refractivity contribution >= 4 is 5.97 Å². The largest absolute Gasteiger partial charge is 0.544 e. The highest BCUT2D eigenvalue weighted by Gasteiger charge is 2.39. The van der Waals surface area contributed by atoms with Gasteiger partial charge in [-0.3, -0.25) is 0 Å². The molecular weight excluding hydrogens is 154 g/mol. The highest BCUT2D eigenvalue weighted by atomic mass is 16.4. The van der Waals surface area contributed by atoms with Crippen molar-refractivity contribution in [2.24, 2.45) is 5.92 Å². The second-order valence-corrected chi connectivity index (χ2v) is 4.06. The number of carbonyl (C=O) groups is 1. The fourth-order valence-electron chi connectivity index (χ4n) is 2.66. The van der Waals surface area contributed by atoms with Gasteiger partial charge in [-0.15, -0.1) is 0 Å². The lowest BCUT2D eigenvalue weighted by molar-refractivity contribution is -0.699. The first-order valence-electron chi connectivity index (χ1n) is 4.83. The molecule has 0 radical (unpaired) electrons. The molecule has 68 valence electrons. The van der Waals surface area contributed by atoms with Crippen LogP contribution in [0.5, 0.6) is 0 Å². The molecule has 12 heavy (non-hydrogen) atoms. The van der Waals surface area contributed by atoms with Crippen molar-refractivity contribution in [1.29, 1.82) is 0 Å². The molecule has 0 aromatic heterocycles. The Kier molecular flexibility index (Phi) is 2.05. The minimum Gasteiger partial charge on any atom is -0.544 e. The lowest BCUT2D eigenvalue weighted by atomic mass is 9.85. The Morgan fingerprint density at radius 3 is 2.75 bits per heavy atom. The van der Waals surface area contributed by atoms with Crippen molar-refractivity contribution < 1.29 is 15.2 Å². The Morgan fingerprint density at radius 2 is 2.08 bits per heavy atom. The van der Waals surface area contributed by atoms with Crippen LogP contribution in [0.25, 0.3) is 0 Å². The van der Waals surface area contributed by atoms with Gasteiger partial charge >= 0.3 is 0 Å². The Labute approximate surface area is 72.2 Å². The predicted octanol–water partition coefficient (Wildman–Crippen LogP) is -1.37. The van der Waals surface area contributed by atoms with Gasteiger partial charge in [0.2, 0.25) is 0 Å². The van der Waals surface area contributed by atoms with Crippen LogP contribution in [0.1, 0.15) is 32.1 Å². The topological polar surface area (TPSA) is 56.7 Å². The summed E-state index contributed by atoms with van der Waals surface area (Å²) in [6.45, 7) is 0. The summed E-state index contributed by atoms with van der Waals surface area (Å²) in [6.07, 6.45) is 5.83. The van der Waals surface area contributed by atoms with Gasteiger partial charge < -0.3 is 15.2 Å². The van der Waals surface area contributed by atoms with Crippen LogP contribution in [0.2, 0.25) is 0 Å². The number of aliphatic carboxylic acids is 1. The maximum atomic E-state index is 10.6. The second-order valence-electron chi connectivity index (χ2n) is 4.06. The third-order valence-electron chi connectivity index (χ3n) is 3.31. The molecule has 2 fully saturated rings. The predicted molar refractivity (Wildman–Crippen MR) is 41.1 cm³/mol. The fraction of sp³-hybridized carbons (Fsp3) is 0.889. The lowest BCUT2D eigenvalue weighted by Crippen LogP contribution is -2.94. The highest BCUT2D eigenvalue weighted by molar-refractivity contribution is 5.69. The zero-order valence-corrected chi connectivity index (χ0v) is 7.16. The van der Waals surface area contributed by atoms with Crippen molar-refractivity contribution in [3.63, 3.8) is 0 Å². The van der Waals surface area contributed by atoms with Crippen molar-refractivity contribution in [3.8, 4) is 0 Å². The second kappa shape index (κ2) is 3.05. The number of hydrogen-bond acceptors (Lipinski definition) is 2. The molecule has 0 bridgehead atoms. The van der Waals surface area contributed by atoms with Crippen LogP contribution in [0, 0.1) is 5.92 Å². The summed E-state index contributed by atoms with van der Waals surface area (Å²) in [5.41, 5.74) is 0. The number of hydrogen-bond donors (Lipinski definition) is 1. The zero-order chi connectivity index (χ0) is 8.55. The molecule has 1 saturated heterocycles. The first-order valence-corrected chi connectivity index (χ1v) is 4.83. The van der Waals surface area contributed by atoms with Gasteiger partial charge in [0.25, 0.3) is 0 Å². The van der Waals surface area contributed by atoms with Crippen LogP contribution < -0.4 is 10.4 Å². The maximum absolute atomic E-state index is 10.6. The monoisotopic (exact) mass is 169 g/mol. The van der Waals surface area contributed by atoms with Crippen LogP contribution in [0.15, 0.2) is 0 Å². The average molecular weight is 169 g/mol. The number of carboxylic acids is 1. The molecule has 3 heteroatoms. The third kappa shape index (κ3) is 1.33. The summed E-state index contributed by atoms with van der Waals surface area (Å²) in [7, 11) is 0. The molecule has 0 aromatic carbocycles. The lowest BCUT2D eigenvalue weighted by Gasteiger charge is -2.20. The van der Waals surface area contributed by atoms with E-state index in [2.05, 4.69) is 0 Å². The molecule has 1 aliphatic heterocycles. The smallest absolute Gasteiger partial charge is 0.127 e. The molecule has 0 amide bonds. The molecule has 0 aromatic rings. The van der Waals surface area contributed by atoms with E-state index in [0.717, 1.165) is 6.42 Å². The van der Waals surface area contributed by atoms with E-state index in [1.807, 2.05) is 5.32 Å². The zero-order valence-electron chi connectivity index (χ0n) is 7.16. The van der Waals surface area contributed by atoms with E-state index in [-0.39, 0.29) is 6.04 Å². The summed E-state index contributed by atoms with van der Waals surface area (Å²) in [4.78, 5) is 10.6. The SMILES string of the molecule is O=C([O-])[C@H]1C[C@H]2CCCC[C@H]2[NH2+]1. The van der Waals surface area contributed by atoms with Crippen LogP contribution in [0.3, 0.4) is 0 Å². The molecule has 0 spiro atoms. The van der Waals surface area contributed by atoms with Gasteiger partial charge in [0.15, 0.2) is 0 Å². The van der Waals surface area contributed by atoms with Gasteiger partial charge in [0, 0.05) is 12.3 Å². The molecule has 2 N–H and O–H groups in total. The number of rotatable bonds is 1. The van der Waals surface area contributed by atoms with Crippen LogP contribution in [-0.4, -0.2) is 18.1 Å². The van der Waals surface area contributed by atoms with E-state index in [0.29, 0.717) is 12.0 Å². The Hall–Kier alpha value is -0.570. The summed E-state index contributed by atoms with van der Waals surface area (Å²) in [5, 5.41) is 12.6. The summed E-state index contributed by atoms with van der Waals surface area (Å²) in [5.74, 6) is -0.217. The van der Waals surface area contributed by atoms with Crippen molar-refractivity contribution in [1.82, 2.24) is 0 Å². The van der Waals surface area contributed by atoms with Gasteiger partial charge in [-0.25, -0.2) is 0 Å². The van der Waals surface area contributed by atoms with Gasteiger partial charge in [-0.05, 0) is 19.3 Å². The molecule has 1 heterocycles. The van der Waals surface area contributed by atoms with Crippen molar-refractivity contribution in [2.45, 2.75) is 44.2 Å². The number of quaternary nitrogens is 1. The van der Waals surface area contributed by atoms with E-state index in [9.17, 15) is 9.90 Å². The quantitative estimate of drug-likeness (QED) is 0.526.